The number of hydrogen-bond acceptors (Lipinski definition) is 2. The molecule has 1 saturated carbocycles. The third kappa shape index (κ3) is 3.04. The lowest BCUT2D eigenvalue weighted by atomic mass is 9.67. The van der Waals surface area contributed by atoms with E-state index in [1.807, 2.05) is 0 Å². The first-order valence-electron chi connectivity index (χ1n) is 7.99. The zero-order chi connectivity index (χ0) is 14.8. The molecule has 2 atom stereocenters. The van der Waals surface area contributed by atoms with Gasteiger partial charge in [0.15, 0.2) is 0 Å². The maximum Gasteiger partial charge on any atom is 0.0850 e. The molecule has 0 saturated heterocycles. The van der Waals surface area contributed by atoms with Crippen LogP contribution in [0.3, 0.4) is 0 Å². The van der Waals surface area contributed by atoms with Crippen LogP contribution in [0, 0.1) is 11.3 Å². The Morgan fingerprint density at radius 1 is 1.45 bits per heavy atom. The summed E-state index contributed by atoms with van der Waals surface area (Å²) in [6.07, 6.45) is 6.94. The van der Waals surface area contributed by atoms with Crippen molar-refractivity contribution < 1.29 is 0 Å². The van der Waals surface area contributed by atoms with E-state index in [1.54, 1.807) is 0 Å². The molecule has 0 aromatic carbocycles. The summed E-state index contributed by atoms with van der Waals surface area (Å²) in [5.74, 6) is 0.773. The molecule has 2 unspecified atom stereocenters. The summed E-state index contributed by atoms with van der Waals surface area (Å²) in [7, 11) is 0. The fourth-order valence-electron chi connectivity index (χ4n) is 3.73. The molecule has 1 aromatic heterocycles. The summed E-state index contributed by atoms with van der Waals surface area (Å²) < 4.78 is 2.08. The van der Waals surface area contributed by atoms with E-state index >= 15 is 0 Å². The molecular weight excluding hydrogens is 270 g/mol. The first kappa shape index (κ1) is 15.8. The second kappa shape index (κ2) is 6.48. The molecule has 2 N–H and O–H groups in total. The third-order valence-corrected chi connectivity index (χ3v) is 5.29. The van der Waals surface area contributed by atoms with Crippen LogP contribution in [0.5, 0.6) is 0 Å². The van der Waals surface area contributed by atoms with E-state index < -0.39 is 0 Å². The number of aryl methyl sites for hydroxylation is 2. The quantitative estimate of drug-likeness (QED) is 0.898. The smallest absolute Gasteiger partial charge is 0.0850 e. The van der Waals surface area contributed by atoms with Gasteiger partial charge >= 0.3 is 0 Å². The first-order valence-corrected chi connectivity index (χ1v) is 8.37. The lowest BCUT2D eigenvalue weighted by molar-refractivity contribution is 0.150. The molecule has 0 amide bonds. The Morgan fingerprint density at radius 2 is 2.20 bits per heavy atom. The molecule has 114 valence electrons. The third-order valence-electron chi connectivity index (χ3n) is 4.86. The van der Waals surface area contributed by atoms with Gasteiger partial charge in [-0.2, -0.15) is 5.10 Å². The van der Waals surface area contributed by atoms with Gasteiger partial charge in [-0.3, -0.25) is 4.68 Å². The highest BCUT2D eigenvalue weighted by molar-refractivity contribution is 6.31. The maximum atomic E-state index is 6.56. The Morgan fingerprint density at radius 3 is 2.75 bits per heavy atom. The SMILES string of the molecule is CCc1nn(CC)c(CC2(CN)CCCC(C)C2)c1Cl. The fraction of sp³-hybridized carbons (Fsp3) is 0.812. The van der Waals surface area contributed by atoms with Crippen molar-refractivity contribution in [3.63, 3.8) is 0 Å². The van der Waals surface area contributed by atoms with E-state index in [-0.39, 0.29) is 5.41 Å². The van der Waals surface area contributed by atoms with Gasteiger partial charge in [-0.15, -0.1) is 0 Å². The lowest BCUT2D eigenvalue weighted by Crippen LogP contribution is -2.38. The van der Waals surface area contributed by atoms with Gasteiger partial charge in [0.25, 0.3) is 0 Å². The molecular formula is C16H28ClN3. The van der Waals surface area contributed by atoms with Crippen molar-refractivity contribution in [1.29, 1.82) is 0 Å². The molecule has 20 heavy (non-hydrogen) atoms. The maximum absolute atomic E-state index is 6.56. The molecule has 0 bridgehead atoms. The number of rotatable bonds is 5. The second-order valence-corrected chi connectivity index (χ2v) is 6.84. The molecule has 0 spiro atoms. The largest absolute Gasteiger partial charge is 0.330 e. The normalized spacial score (nSPS) is 26.9. The van der Waals surface area contributed by atoms with Crippen LogP contribution >= 0.6 is 11.6 Å². The lowest BCUT2D eigenvalue weighted by Gasteiger charge is -2.39. The average molecular weight is 298 g/mol. The minimum atomic E-state index is 0.221. The van der Waals surface area contributed by atoms with Gasteiger partial charge in [0.1, 0.15) is 0 Å². The highest BCUT2D eigenvalue weighted by atomic mass is 35.5. The molecule has 2 rings (SSSR count). The van der Waals surface area contributed by atoms with Gasteiger partial charge in [-0.05, 0) is 50.5 Å². The molecule has 1 aliphatic carbocycles. The van der Waals surface area contributed by atoms with Gasteiger partial charge in [0.2, 0.25) is 0 Å². The van der Waals surface area contributed by atoms with Crippen LogP contribution in [-0.4, -0.2) is 16.3 Å². The zero-order valence-electron chi connectivity index (χ0n) is 13.1. The minimum absolute atomic E-state index is 0.221. The van der Waals surface area contributed by atoms with Gasteiger partial charge in [0.05, 0.1) is 16.4 Å². The highest BCUT2D eigenvalue weighted by Crippen LogP contribution is 2.42. The fourth-order valence-corrected chi connectivity index (χ4v) is 4.06. The summed E-state index contributed by atoms with van der Waals surface area (Å²) >= 11 is 6.56. The molecule has 4 heteroatoms. The van der Waals surface area contributed by atoms with Gasteiger partial charge in [-0.1, -0.05) is 38.3 Å². The molecule has 3 nitrogen and oxygen atoms in total. The van der Waals surface area contributed by atoms with Crippen molar-refractivity contribution in [3.8, 4) is 0 Å². The Balaban J connectivity index is 2.29. The second-order valence-electron chi connectivity index (χ2n) is 6.46. The molecule has 1 aliphatic rings. The van der Waals surface area contributed by atoms with Crippen LogP contribution in [0.25, 0.3) is 0 Å². The predicted octanol–water partition coefficient (Wildman–Crippen LogP) is 3.82. The Bertz CT molecular complexity index is 455. The number of nitrogens with two attached hydrogens (primary N) is 1. The molecule has 0 radical (unpaired) electrons. The number of aromatic nitrogens is 2. The highest BCUT2D eigenvalue weighted by Gasteiger charge is 2.35. The van der Waals surface area contributed by atoms with Crippen LogP contribution in [-0.2, 0) is 19.4 Å². The van der Waals surface area contributed by atoms with Crippen molar-refractivity contribution in [2.45, 2.75) is 65.8 Å². The van der Waals surface area contributed by atoms with Crippen LogP contribution in [0.1, 0.15) is 57.8 Å². The van der Waals surface area contributed by atoms with Crippen molar-refractivity contribution in [2.75, 3.05) is 6.54 Å². The number of hydrogen-bond donors (Lipinski definition) is 1. The monoisotopic (exact) mass is 297 g/mol. The van der Waals surface area contributed by atoms with E-state index in [4.69, 9.17) is 17.3 Å². The van der Waals surface area contributed by atoms with Crippen LogP contribution in [0.15, 0.2) is 0 Å². The Kier molecular flexibility index (Phi) is 5.14. The Hall–Kier alpha value is -0.540. The van der Waals surface area contributed by atoms with E-state index in [0.717, 1.165) is 42.6 Å². The molecule has 1 fully saturated rings. The van der Waals surface area contributed by atoms with Crippen molar-refractivity contribution in [2.24, 2.45) is 17.1 Å². The topological polar surface area (TPSA) is 43.8 Å². The molecule has 0 aliphatic heterocycles. The summed E-state index contributed by atoms with van der Waals surface area (Å²) in [4.78, 5) is 0. The van der Waals surface area contributed by atoms with Gasteiger partial charge in [-0.25, -0.2) is 0 Å². The van der Waals surface area contributed by atoms with Crippen LogP contribution < -0.4 is 5.73 Å². The summed E-state index contributed by atoms with van der Waals surface area (Å²) in [6, 6.07) is 0. The van der Waals surface area contributed by atoms with E-state index in [2.05, 4.69) is 30.6 Å². The van der Waals surface area contributed by atoms with E-state index in [1.165, 1.54) is 31.4 Å². The van der Waals surface area contributed by atoms with Gasteiger partial charge in [0, 0.05) is 6.54 Å². The van der Waals surface area contributed by atoms with Gasteiger partial charge < -0.3 is 5.73 Å². The van der Waals surface area contributed by atoms with Crippen LogP contribution in [0.2, 0.25) is 5.02 Å². The van der Waals surface area contributed by atoms with Crippen molar-refractivity contribution >= 4 is 11.6 Å². The summed E-state index contributed by atoms with van der Waals surface area (Å²) in [6.45, 7) is 8.22. The predicted molar refractivity (Wildman–Crippen MR) is 85.1 cm³/mol. The number of nitrogens with zero attached hydrogens (tertiary/aromatic N) is 2. The van der Waals surface area contributed by atoms with E-state index in [9.17, 15) is 0 Å². The summed E-state index contributed by atoms with van der Waals surface area (Å²) in [5.41, 5.74) is 8.60. The van der Waals surface area contributed by atoms with E-state index in [0.29, 0.717) is 0 Å². The Labute approximate surface area is 127 Å². The van der Waals surface area contributed by atoms with Crippen molar-refractivity contribution in [3.05, 3.63) is 16.4 Å². The van der Waals surface area contributed by atoms with Crippen LogP contribution in [0.4, 0.5) is 0 Å². The standard InChI is InChI=1S/C16H28ClN3/c1-4-13-15(17)14(20(5-2)19-13)10-16(11-18)8-6-7-12(3)9-16/h12H,4-11,18H2,1-3H3. The number of halogens is 1. The summed E-state index contributed by atoms with van der Waals surface area (Å²) in [5, 5.41) is 5.52. The zero-order valence-corrected chi connectivity index (χ0v) is 13.8. The first-order chi connectivity index (χ1) is 9.55. The van der Waals surface area contributed by atoms with Crippen molar-refractivity contribution in [1.82, 2.24) is 9.78 Å². The average Bonchev–Trinajstić information content (AvgIpc) is 2.75. The molecule has 1 heterocycles. The molecule has 1 aromatic rings. The minimum Gasteiger partial charge on any atom is -0.330 e.